The molecule has 2 rings (SSSR count). The topological polar surface area (TPSA) is 49.9 Å². The van der Waals surface area contributed by atoms with Crippen molar-refractivity contribution in [2.45, 2.75) is 65.1 Å². The number of H-pyrrole nitrogens is 1. The van der Waals surface area contributed by atoms with Crippen LogP contribution in [0.3, 0.4) is 0 Å². The Kier molecular flexibility index (Phi) is 5.40. The highest BCUT2D eigenvalue weighted by atomic mass is 16.5. The minimum atomic E-state index is 0.437. The molecule has 1 aliphatic rings. The van der Waals surface area contributed by atoms with Gasteiger partial charge in [0.1, 0.15) is 0 Å². The Balaban J connectivity index is 1.82. The molecule has 0 radical (unpaired) electrons. The Morgan fingerprint density at radius 1 is 1.47 bits per heavy atom. The fourth-order valence-electron chi connectivity index (χ4n) is 2.96. The summed E-state index contributed by atoms with van der Waals surface area (Å²) in [7, 11) is 0. The first kappa shape index (κ1) is 14.5. The number of hydrogen-bond donors (Lipinski definition) is 2. The number of hydrogen-bond acceptors (Lipinski definition) is 3. The molecule has 0 aliphatic carbocycles. The SMILES string of the molecule is CCC(CC)[C@H]1C[C@H](NCc2cn[nH]c2C)CCO1. The highest BCUT2D eigenvalue weighted by molar-refractivity contribution is 5.13. The summed E-state index contributed by atoms with van der Waals surface area (Å²) in [5, 5.41) is 10.7. The van der Waals surface area contributed by atoms with E-state index in [-0.39, 0.29) is 0 Å². The third-order valence-electron chi connectivity index (χ3n) is 4.41. The fourth-order valence-corrected chi connectivity index (χ4v) is 2.96. The molecular formula is C15H27N3O. The van der Waals surface area contributed by atoms with Crippen molar-refractivity contribution < 1.29 is 4.74 Å². The summed E-state index contributed by atoms with van der Waals surface area (Å²) in [6.45, 7) is 8.40. The van der Waals surface area contributed by atoms with E-state index in [1.807, 2.05) is 6.20 Å². The molecule has 0 unspecified atom stereocenters. The largest absolute Gasteiger partial charge is 0.378 e. The van der Waals surface area contributed by atoms with E-state index in [1.54, 1.807) is 0 Å². The van der Waals surface area contributed by atoms with Gasteiger partial charge in [-0.1, -0.05) is 26.7 Å². The molecule has 4 nitrogen and oxygen atoms in total. The maximum absolute atomic E-state index is 5.95. The normalized spacial score (nSPS) is 24.0. The lowest BCUT2D eigenvalue weighted by Gasteiger charge is -2.34. The molecule has 19 heavy (non-hydrogen) atoms. The summed E-state index contributed by atoms with van der Waals surface area (Å²) in [6, 6.07) is 0.577. The minimum absolute atomic E-state index is 0.437. The van der Waals surface area contributed by atoms with Crippen molar-refractivity contribution >= 4 is 0 Å². The molecule has 1 aromatic rings. The lowest BCUT2D eigenvalue weighted by atomic mass is 9.89. The second kappa shape index (κ2) is 7.06. The van der Waals surface area contributed by atoms with Crippen LogP contribution in [-0.2, 0) is 11.3 Å². The number of nitrogens with one attached hydrogen (secondary N) is 2. The van der Waals surface area contributed by atoms with Crippen LogP contribution in [0.2, 0.25) is 0 Å². The number of aromatic amines is 1. The third kappa shape index (κ3) is 3.80. The van der Waals surface area contributed by atoms with Gasteiger partial charge in [-0.3, -0.25) is 5.10 Å². The van der Waals surface area contributed by atoms with Gasteiger partial charge in [0.15, 0.2) is 0 Å². The van der Waals surface area contributed by atoms with Crippen molar-refractivity contribution in [1.29, 1.82) is 0 Å². The van der Waals surface area contributed by atoms with E-state index >= 15 is 0 Å². The first-order valence-corrected chi connectivity index (χ1v) is 7.58. The van der Waals surface area contributed by atoms with Crippen molar-refractivity contribution in [2.24, 2.45) is 5.92 Å². The van der Waals surface area contributed by atoms with Crippen LogP contribution in [0.25, 0.3) is 0 Å². The third-order valence-corrected chi connectivity index (χ3v) is 4.41. The Labute approximate surface area is 116 Å². The number of nitrogens with zero attached hydrogens (tertiary/aromatic N) is 1. The molecule has 108 valence electrons. The monoisotopic (exact) mass is 265 g/mol. The van der Waals surface area contributed by atoms with E-state index in [4.69, 9.17) is 4.74 Å². The molecule has 2 atom stereocenters. The molecule has 1 saturated heterocycles. The summed E-state index contributed by atoms with van der Waals surface area (Å²) in [5.41, 5.74) is 2.43. The van der Waals surface area contributed by atoms with Crippen LogP contribution in [0.4, 0.5) is 0 Å². The van der Waals surface area contributed by atoms with Crippen LogP contribution in [0, 0.1) is 12.8 Å². The van der Waals surface area contributed by atoms with Gasteiger partial charge in [0.25, 0.3) is 0 Å². The Bertz CT molecular complexity index is 373. The Hall–Kier alpha value is -0.870. The zero-order valence-electron chi connectivity index (χ0n) is 12.4. The molecule has 0 spiro atoms. The van der Waals surface area contributed by atoms with Gasteiger partial charge in [-0.25, -0.2) is 0 Å². The second-order valence-electron chi connectivity index (χ2n) is 5.61. The molecule has 4 heteroatoms. The fraction of sp³-hybridized carbons (Fsp3) is 0.800. The van der Waals surface area contributed by atoms with Crippen molar-refractivity contribution in [1.82, 2.24) is 15.5 Å². The molecule has 2 N–H and O–H groups in total. The number of ether oxygens (including phenoxy) is 1. The first-order chi connectivity index (χ1) is 9.24. The second-order valence-corrected chi connectivity index (χ2v) is 5.61. The molecular weight excluding hydrogens is 238 g/mol. The van der Waals surface area contributed by atoms with E-state index in [1.165, 1.54) is 18.4 Å². The highest BCUT2D eigenvalue weighted by Crippen LogP contribution is 2.25. The van der Waals surface area contributed by atoms with Gasteiger partial charge in [0, 0.05) is 30.5 Å². The van der Waals surface area contributed by atoms with E-state index in [0.29, 0.717) is 18.1 Å². The molecule has 1 aromatic heterocycles. The van der Waals surface area contributed by atoms with Crippen molar-refractivity contribution in [3.05, 3.63) is 17.5 Å². The smallest absolute Gasteiger partial charge is 0.0617 e. The first-order valence-electron chi connectivity index (χ1n) is 7.58. The maximum Gasteiger partial charge on any atom is 0.0617 e. The van der Waals surface area contributed by atoms with Crippen LogP contribution in [0.5, 0.6) is 0 Å². The maximum atomic E-state index is 5.95. The van der Waals surface area contributed by atoms with Gasteiger partial charge in [-0.15, -0.1) is 0 Å². The Morgan fingerprint density at radius 2 is 2.26 bits per heavy atom. The standard InChI is InChI=1S/C15H27N3O/c1-4-12(5-2)15-8-14(6-7-19-15)16-9-13-10-17-18-11(13)3/h10,12,14-16H,4-9H2,1-3H3,(H,17,18)/t14-,15-/m1/s1. The van der Waals surface area contributed by atoms with Gasteiger partial charge in [0.2, 0.25) is 0 Å². The number of aromatic nitrogens is 2. The molecule has 1 fully saturated rings. The van der Waals surface area contributed by atoms with E-state index in [2.05, 4.69) is 36.3 Å². The zero-order chi connectivity index (χ0) is 13.7. The summed E-state index contributed by atoms with van der Waals surface area (Å²) < 4.78 is 5.95. The molecule has 0 aromatic carbocycles. The van der Waals surface area contributed by atoms with Gasteiger partial charge in [0.05, 0.1) is 12.3 Å². The predicted octanol–water partition coefficient (Wildman–Crippen LogP) is 2.79. The summed E-state index contributed by atoms with van der Waals surface area (Å²) in [4.78, 5) is 0. The number of rotatable bonds is 6. The number of aryl methyl sites for hydroxylation is 1. The lowest BCUT2D eigenvalue weighted by molar-refractivity contribution is -0.0350. The molecule has 1 aliphatic heterocycles. The molecule has 0 saturated carbocycles. The predicted molar refractivity (Wildman–Crippen MR) is 77.0 cm³/mol. The summed E-state index contributed by atoms with van der Waals surface area (Å²) in [5.74, 6) is 0.709. The van der Waals surface area contributed by atoms with Crippen molar-refractivity contribution in [3.63, 3.8) is 0 Å². The quantitative estimate of drug-likeness (QED) is 0.831. The van der Waals surface area contributed by atoms with E-state index in [9.17, 15) is 0 Å². The molecule has 0 bridgehead atoms. The van der Waals surface area contributed by atoms with Crippen LogP contribution >= 0.6 is 0 Å². The lowest BCUT2D eigenvalue weighted by Crippen LogP contribution is -2.41. The average molecular weight is 265 g/mol. The van der Waals surface area contributed by atoms with Crippen LogP contribution in [-0.4, -0.2) is 29.0 Å². The van der Waals surface area contributed by atoms with Gasteiger partial charge in [-0.2, -0.15) is 5.10 Å². The zero-order valence-corrected chi connectivity index (χ0v) is 12.4. The van der Waals surface area contributed by atoms with Gasteiger partial charge < -0.3 is 10.1 Å². The van der Waals surface area contributed by atoms with E-state index in [0.717, 1.165) is 31.7 Å². The van der Waals surface area contributed by atoms with Crippen LogP contribution < -0.4 is 5.32 Å². The Morgan fingerprint density at radius 3 is 2.89 bits per heavy atom. The molecule has 2 heterocycles. The average Bonchev–Trinajstić information content (AvgIpc) is 2.84. The molecule has 0 amide bonds. The van der Waals surface area contributed by atoms with Crippen molar-refractivity contribution in [2.75, 3.05) is 6.61 Å². The minimum Gasteiger partial charge on any atom is -0.378 e. The van der Waals surface area contributed by atoms with E-state index < -0.39 is 0 Å². The van der Waals surface area contributed by atoms with Crippen LogP contribution in [0.15, 0.2) is 6.20 Å². The summed E-state index contributed by atoms with van der Waals surface area (Å²) in [6.07, 6.45) is 7.05. The highest BCUT2D eigenvalue weighted by Gasteiger charge is 2.27. The van der Waals surface area contributed by atoms with Crippen molar-refractivity contribution in [3.8, 4) is 0 Å². The van der Waals surface area contributed by atoms with Gasteiger partial charge >= 0.3 is 0 Å². The van der Waals surface area contributed by atoms with Crippen LogP contribution in [0.1, 0.15) is 50.8 Å². The van der Waals surface area contributed by atoms with Gasteiger partial charge in [-0.05, 0) is 25.7 Å². The summed E-state index contributed by atoms with van der Waals surface area (Å²) >= 11 is 0.